The van der Waals surface area contributed by atoms with E-state index in [0.717, 1.165) is 18.4 Å². The van der Waals surface area contributed by atoms with Crippen LogP contribution in [-0.2, 0) is 0 Å². The average molecular weight is 109 g/mol. The van der Waals surface area contributed by atoms with Crippen molar-refractivity contribution in [1.82, 2.24) is 0 Å². The quantitative estimate of drug-likeness (QED) is 0.499. The minimum Gasteiger partial charge on any atom is -0.193 e. The average Bonchev–Trinajstić information content (AvgIpc) is 1.83. The van der Waals surface area contributed by atoms with Crippen molar-refractivity contribution in [1.29, 1.82) is 5.26 Å². The number of rotatable bonds is 2. The Morgan fingerprint density at radius 2 is 2.38 bits per heavy atom. The molecule has 44 valence electrons. The van der Waals surface area contributed by atoms with Gasteiger partial charge in [-0.05, 0) is 13.3 Å². The smallest absolute Gasteiger partial charge is 0.0940 e. The molecule has 0 bridgehead atoms. The molecule has 0 rings (SSSR count). The summed E-state index contributed by atoms with van der Waals surface area (Å²) < 4.78 is 0. The first kappa shape index (κ1) is 7.23. The second-order valence-corrected chi connectivity index (χ2v) is 1.79. The van der Waals surface area contributed by atoms with Crippen LogP contribution < -0.4 is 0 Å². The van der Waals surface area contributed by atoms with E-state index in [-0.39, 0.29) is 0 Å². The number of hydrogen-bond donors (Lipinski definition) is 0. The van der Waals surface area contributed by atoms with Gasteiger partial charge >= 0.3 is 0 Å². The van der Waals surface area contributed by atoms with Crippen LogP contribution in [0, 0.1) is 11.3 Å². The Bertz CT molecular complexity index is 117. The molecule has 0 fully saturated rings. The molecule has 8 heavy (non-hydrogen) atoms. The lowest BCUT2D eigenvalue weighted by Crippen LogP contribution is -1.67. The van der Waals surface area contributed by atoms with E-state index in [4.69, 9.17) is 5.26 Å². The fourth-order valence-corrected chi connectivity index (χ4v) is 0.406. The van der Waals surface area contributed by atoms with Gasteiger partial charge in [0.25, 0.3) is 0 Å². The first-order valence-corrected chi connectivity index (χ1v) is 2.88. The zero-order chi connectivity index (χ0) is 6.41. The van der Waals surface area contributed by atoms with Gasteiger partial charge < -0.3 is 0 Å². The van der Waals surface area contributed by atoms with Gasteiger partial charge in [-0.15, -0.1) is 0 Å². The largest absolute Gasteiger partial charge is 0.193 e. The Balaban J connectivity index is 3.46. The second kappa shape index (κ2) is 4.39. The van der Waals surface area contributed by atoms with Gasteiger partial charge in [0.1, 0.15) is 0 Å². The van der Waals surface area contributed by atoms with Gasteiger partial charge in [-0.3, -0.25) is 0 Å². The summed E-state index contributed by atoms with van der Waals surface area (Å²) in [5.74, 6) is 0. The van der Waals surface area contributed by atoms with E-state index in [9.17, 15) is 0 Å². The predicted octanol–water partition coefficient (Wildman–Crippen LogP) is 2.26. The lowest BCUT2D eigenvalue weighted by atomic mass is 10.2. The minimum atomic E-state index is 0.826. The zero-order valence-electron chi connectivity index (χ0n) is 5.44. The predicted molar refractivity (Wildman–Crippen MR) is 34.3 cm³/mol. The molecule has 0 unspecified atom stereocenters. The van der Waals surface area contributed by atoms with Crippen molar-refractivity contribution in [2.45, 2.75) is 26.7 Å². The van der Waals surface area contributed by atoms with Gasteiger partial charge in [-0.25, -0.2) is 0 Å². The molecule has 0 aliphatic heterocycles. The van der Waals surface area contributed by atoms with Crippen molar-refractivity contribution in [2.75, 3.05) is 0 Å². The van der Waals surface area contributed by atoms with Crippen LogP contribution in [0.5, 0.6) is 0 Å². The molecular formula is C7H11N. The first-order chi connectivity index (χ1) is 3.81. The Hall–Kier alpha value is -0.770. The third kappa shape index (κ3) is 3.42. The van der Waals surface area contributed by atoms with Gasteiger partial charge in [0.2, 0.25) is 0 Å². The van der Waals surface area contributed by atoms with E-state index in [0.29, 0.717) is 0 Å². The van der Waals surface area contributed by atoms with Crippen molar-refractivity contribution in [2.24, 2.45) is 0 Å². The first-order valence-electron chi connectivity index (χ1n) is 2.88. The van der Waals surface area contributed by atoms with Gasteiger partial charge in [0, 0.05) is 5.57 Å². The monoisotopic (exact) mass is 109 g/mol. The van der Waals surface area contributed by atoms with E-state index in [2.05, 4.69) is 13.0 Å². The molecule has 0 atom stereocenters. The zero-order valence-corrected chi connectivity index (χ0v) is 5.44. The van der Waals surface area contributed by atoms with Crippen molar-refractivity contribution >= 4 is 0 Å². The van der Waals surface area contributed by atoms with Crippen LogP contribution in [0.2, 0.25) is 0 Å². The fourth-order valence-electron chi connectivity index (χ4n) is 0.406. The third-order valence-electron chi connectivity index (χ3n) is 0.916. The van der Waals surface area contributed by atoms with E-state index in [1.807, 2.05) is 13.0 Å². The summed E-state index contributed by atoms with van der Waals surface area (Å²) in [6.07, 6.45) is 4.11. The maximum atomic E-state index is 8.24. The molecule has 0 saturated heterocycles. The normalized spacial score (nSPS) is 10.9. The molecule has 0 aromatic heterocycles. The maximum Gasteiger partial charge on any atom is 0.0940 e. The molecule has 0 aromatic carbocycles. The summed E-state index contributed by atoms with van der Waals surface area (Å²) in [5.41, 5.74) is 0.826. The molecule has 0 aliphatic rings. The van der Waals surface area contributed by atoms with Gasteiger partial charge in [-0.1, -0.05) is 19.4 Å². The minimum absolute atomic E-state index is 0.826. The van der Waals surface area contributed by atoms with Crippen LogP contribution in [0.25, 0.3) is 0 Å². The summed E-state index contributed by atoms with van der Waals surface area (Å²) in [5, 5.41) is 8.24. The molecule has 0 aliphatic carbocycles. The van der Waals surface area contributed by atoms with Crippen LogP contribution in [0.15, 0.2) is 11.6 Å². The lowest BCUT2D eigenvalue weighted by molar-refractivity contribution is 0.952. The Morgan fingerprint density at radius 3 is 2.75 bits per heavy atom. The summed E-state index contributed by atoms with van der Waals surface area (Å²) in [6.45, 7) is 3.93. The molecule has 0 spiro atoms. The number of nitrogens with zero attached hydrogens (tertiary/aromatic N) is 1. The van der Waals surface area contributed by atoms with Gasteiger partial charge in [0.05, 0.1) is 6.07 Å². The topological polar surface area (TPSA) is 23.8 Å². The van der Waals surface area contributed by atoms with Crippen molar-refractivity contribution < 1.29 is 0 Å². The fraction of sp³-hybridized carbons (Fsp3) is 0.571. The van der Waals surface area contributed by atoms with Crippen molar-refractivity contribution in [3.63, 3.8) is 0 Å². The number of allylic oxidation sites excluding steroid dienone is 2. The van der Waals surface area contributed by atoms with Crippen LogP contribution >= 0.6 is 0 Å². The highest BCUT2D eigenvalue weighted by Gasteiger charge is 1.79. The SMILES string of the molecule is CCCC=C(C)C#N. The molecule has 0 heterocycles. The van der Waals surface area contributed by atoms with E-state index < -0.39 is 0 Å². The lowest BCUT2D eigenvalue weighted by Gasteiger charge is -1.82. The Kier molecular flexibility index (Phi) is 3.97. The van der Waals surface area contributed by atoms with E-state index in [1.54, 1.807) is 0 Å². The van der Waals surface area contributed by atoms with E-state index >= 15 is 0 Å². The maximum absolute atomic E-state index is 8.24. The standard InChI is InChI=1S/C7H11N/c1-3-4-5-7(2)6-8/h5H,3-4H2,1-2H3. The van der Waals surface area contributed by atoms with Crippen LogP contribution in [0.3, 0.4) is 0 Å². The number of hydrogen-bond acceptors (Lipinski definition) is 1. The van der Waals surface area contributed by atoms with Gasteiger partial charge in [0.15, 0.2) is 0 Å². The van der Waals surface area contributed by atoms with Crippen molar-refractivity contribution in [3.8, 4) is 6.07 Å². The number of unbranched alkanes of at least 4 members (excludes halogenated alkanes) is 1. The summed E-state index contributed by atoms with van der Waals surface area (Å²) in [6, 6.07) is 2.06. The highest BCUT2D eigenvalue weighted by molar-refractivity contribution is 5.16. The second-order valence-electron chi connectivity index (χ2n) is 1.79. The molecule has 0 radical (unpaired) electrons. The molecule has 0 N–H and O–H groups in total. The van der Waals surface area contributed by atoms with Crippen LogP contribution in [0.4, 0.5) is 0 Å². The molecule has 0 saturated carbocycles. The molecular weight excluding hydrogens is 98.1 g/mol. The third-order valence-corrected chi connectivity index (χ3v) is 0.916. The summed E-state index contributed by atoms with van der Waals surface area (Å²) >= 11 is 0. The van der Waals surface area contributed by atoms with Crippen LogP contribution in [-0.4, -0.2) is 0 Å². The molecule has 1 nitrogen and oxygen atoms in total. The number of nitriles is 1. The molecule has 0 aromatic rings. The highest BCUT2D eigenvalue weighted by atomic mass is 14.2. The molecule has 0 amide bonds. The highest BCUT2D eigenvalue weighted by Crippen LogP contribution is 1.94. The van der Waals surface area contributed by atoms with Crippen LogP contribution in [0.1, 0.15) is 26.7 Å². The van der Waals surface area contributed by atoms with E-state index in [1.165, 1.54) is 0 Å². The summed E-state index contributed by atoms with van der Waals surface area (Å²) in [7, 11) is 0. The molecule has 1 heteroatoms. The Labute approximate surface area is 50.6 Å². The summed E-state index contributed by atoms with van der Waals surface area (Å²) in [4.78, 5) is 0. The van der Waals surface area contributed by atoms with Gasteiger partial charge in [-0.2, -0.15) is 5.26 Å². The van der Waals surface area contributed by atoms with Crippen molar-refractivity contribution in [3.05, 3.63) is 11.6 Å². The Morgan fingerprint density at radius 1 is 1.75 bits per heavy atom.